The Labute approximate surface area is 113 Å². The molecule has 0 aromatic rings. The van der Waals surface area contributed by atoms with E-state index in [-0.39, 0.29) is 12.0 Å². The maximum absolute atomic E-state index is 12.0. The smallest absolute Gasteiger partial charge is 0.152 e. The Balaban J connectivity index is 0.000000631. The maximum Gasteiger partial charge on any atom is 0.152 e. The van der Waals surface area contributed by atoms with Crippen molar-refractivity contribution in [3.8, 4) is 0 Å². The Bertz CT molecular complexity index is 237. The molecule has 1 fully saturated rings. The number of ketones is 1. The molecule has 0 saturated carbocycles. The van der Waals surface area contributed by atoms with Gasteiger partial charge in [0, 0.05) is 18.5 Å². The molecule has 2 N–H and O–H groups in total. The van der Waals surface area contributed by atoms with E-state index in [2.05, 4.69) is 32.6 Å². The number of carbonyl (C=O) groups is 1. The van der Waals surface area contributed by atoms with E-state index in [1.54, 1.807) is 0 Å². The van der Waals surface area contributed by atoms with Crippen LogP contribution in [0.4, 0.5) is 0 Å². The predicted octanol–water partition coefficient (Wildman–Crippen LogP) is 2.69. The monoisotopic (exact) mass is 256 g/mol. The van der Waals surface area contributed by atoms with E-state index in [4.69, 9.17) is 5.73 Å². The fraction of sp³-hybridized carbons (Fsp3) is 0.933. The molecular formula is C15H32N2O. The molecular weight excluding hydrogens is 224 g/mol. The summed E-state index contributed by atoms with van der Waals surface area (Å²) in [5.41, 5.74) is 5.03. The summed E-state index contributed by atoms with van der Waals surface area (Å²) >= 11 is 0. The van der Waals surface area contributed by atoms with Crippen molar-refractivity contribution in [2.24, 2.45) is 17.6 Å². The number of Topliss-reactive ketones (excluding diaryl/α,β-unsaturated/α-hetero) is 1. The quantitative estimate of drug-likeness (QED) is 0.841. The van der Waals surface area contributed by atoms with Crippen molar-refractivity contribution in [3.05, 3.63) is 0 Å². The molecule has 2 atom stereocenters. The summed E-state index contributed by atoms with van der Waals surface area (Å²) in [4.78, 5) is 14.3. The standard InChI is InChI=1S/C12H23NO.C3H9N/c1-8(2)12(14)11-6-10(5)7-13(11)9(3)4;1-2-3-4/h8-11H,6-7H2,1-5H3;2-4H2,1H3. The maximum atomic E-state index is 12.0. The fourth-order valence-corrected chi connectivity index (χ4v) is 2.31. The van der Waals surface area contributed by atoms with Gasteiger partial charge in [-0.2, -0.15) is 0 Å². The highest BCUT2D eigenvalue weighted by molar-refractivity contribution is 5.86. The third-order valence-corrected chi connectivity index (χ3v) is 3.40. The summed E-state index contributed by atoms with van der Waals surface area (Å²) < 4.78 is 0. The van der Waals surface area contributed by atoms with Gasteiger partial charge in [-0.3, -0.25) is 9.69 Å². The van der Waals surface area contributed by atoms with Gasteiger partial charge in [-0.05, 0) is 39.2 Å². The van der Waals surface area contributed by atoms with Crippen molar-refractivity contribution in [1.82, 2.24) is 4.90 Å². The largest absolute Gasteiger partial charge is 0.330 e. The number of hydrogen-bond donors (Lipinski definition) is 1. The minimum absolute atomic E-state index is 0.173. The summed E-state index contributed by atoms with van der Waals surface area (Å²) in [5.74, 6) is 1.26. The molecule has 0 aromatic heterocycles. The van der Waals surface area contributed by atoms with E-state index >= 15 is 0 Å². The van der Waals surface area contributed by atoms with Crippen LogP contribution in [-0.2, 0) is 4.79 Å². The normalized spacial score (nSPS) is 24.3. The highest BCUT2D eigenvalue weighted by Crippen LogP contribution is 2.27. The van der Waals surface area contributed by atoms with Crippen molar-refractivity contribution < 1.29 is 4.79 Å². The molecule has 0 aromatic carbocycles. The van der Waals surface area contributed by atoms with Crippen LogP contribution < -0.4 is 5.73 Å². The Kier molecular flexibility index (Phi) is 8.45. The van der Waals surface area contributed by atoms with Crippen LogP contribution in [0.3, 0.4) is 0 Å². The molecule has 3 heteroatoms. The molecule has 18 heavy (non-hydrogen) atoms. The number of nitrogens with two attached hydrogens (primary N) is 1. The summed E-state index contributed by atoms with van der Waals surface area (Å²) in [6.07, 6.45) is 2.15. The number of carbonyl (C=O) groups excluding carboxylic acids is 1. The third-order valence-electron chi connectivity index (χ3n) is 3.40. The lowest BCUT2D eigenvalue weighted by Crippen LogP contribution is -2.42. The summed E-state index contributed by atoms with van der Waals surface area (Å²) in [6, 6.07) is 0.678. The zero-order valence-corrected chi connectivity index (χ0v) is 13.1. The predicted molar refractivity (Wildman–Crippen MR) is 78.6 cm³/mol. The molecule has 0 bridgehead atoms. The number of likely N-dealkylation sites (tertiary alicyclic amines) is 1. The zero-order chi connectivity index (χ0) is 14.3. The van der Waals surface area contributed by atoms with E-state index in [0.717, 1.165) is 25.9 Å². The SMILES string of the molecule is CC1CC(C(=O)C(C)C)N(C(C)C)C1.CCCN. The van der Waals surface area contributed by atoms with Crippen molar-refractivity contribution >= 4 is 5.78 Å². The molecule has 1 saturated heterocycles. The second-order valence-electron chi connectivity index (χ2n) is 5.99. The van der Waals surface area contributed by atoms with Crippen LogP contribution in [0, 0.1) is 11.8 Å². The average molecular weight is 256 g/mol. The molecule has 1 heterocycles. The van der Waals surface area contributed by atoms with Crippen LogP contribution in [-0.4, -0.2) is 35.9 Å². The van der Waals surface area contributed by atoms with Gasteiger partial charge in [0.15, 0.2) is 5.78 Å². The first kappa shape index (κ1) is 17.6. The molecule has 0 aliphatic carbocycles. The van der Waals surface area contributed by atoms with Crippen molar-refractivity contribution in [3.63, 3.8) is 0 Å². The lowest BCUT2D eigenvalue weighted by molar-refractivity contribution is -0.126. The molecule has 2 unspecified atom stereocenters. The molecule has 1 rings (SSSR count). The van der Waals surface area contributed by atoms with Crippen LogP contribution in [0.5, 0.6) is 0 Å². The Morgan fingerprint density at radius 1 is 1.33 bits per heavy atom. The Morgan fingerprint density at radius 2 is 1.83 bits per heavy atom. The highest BCUT2D eigenvalue weighted by Gasteiger charge is 2.36. The van der Waals surface area contributed by atoms with Gasteiger partial charge in [-0.25, -0.2) is 0 Å². The fourth-order valence-electron chi connectivity index (χ4n) is 2.31. The molecule has 1 aliphatic heterocycles. The summed E-state index contributed by atoms with van der Waals surface area (Å²) in [7, 11) is 0. The summed E-state index contributed by atoms with van der Waals surface area (Å²) in [6.45, 7) is 14.6. The van der Waals surface area contributed by atoms with E-state index in [1.807, 2.05) is 13.8 Å². The van der Waals surface area contributed by atoms with Gasteiger partial charge in [0.2, 0.25) is 0 Å². The minimum atomic E-state index is 0.173. The van der Waals surface area contributed by atoms with E-state index in [0.29, 0.717) is 17.7 Å². The molecule has 108 valence electrons. The van der Waals surface area contributed by atoms with E-state index < -0.39 is 0 Å². The topological polar surface area (TPSA) is 46.3 Å². The average Bonchev–Trinajstić information content (AvgIpc) is 2.70. The zero-order valence-electron chi connectivity index (χ0n) is 13.1. The first-order valence-corrected chi connectivity index (χ1v) is 7.34. The van der Waals surface area contributed by atoms with Gasteiger partial charge in [0.1, 0.15) is 0 Å². The highest BCUT2D eigenvalue weighted by atomic mass is 16.1. The van der Waals surface area contributed by atoms with Gasteiger partial charge in [0.25, 0.3) is 0 Å². The number of hydrogen-bond acceptors (Lipinski definition) is 3. The molecule has 0 spiro atoms. The number of rotatable bonds is 4. The molecule has 0 radical (unpaired) electrons. The second-order valence-corrected chi connectivity index (χ2v) is 5.99. The van der Waals surface area contributed by atoms with Gasteiger partial charge in [-0.1, -0.05) is 27.7 Å². The van der Waals surface area contributed by atoms with Crippen LogP contribution in [0.1, 0.15) is 54.4 Å². The molecule has 0 amide bonds. The van der Waals surface area contributed by atoms with Crippen LogP contribution in [0.2, 0.25) is 0 Å². The van der Waals surface area contributed by atoms with Gasteiger partial charge in [0.05, 0.1) is 6.04 Å². The van der Waals surface area contributed by atoms with Gasteiger partial charge < -0.3 is 5.73 Å². The third kappa shape index (κ3) is 5.49. The van der Waals surface area contributed by atoms with Crippen molar-refractivity contribution in [2.75, 3.05) is 13.1 Å². The van der Waals surface area contributed by atoms with E-state index in [9.17, 15) is 4.79 Å². The minimum Gasteiger partial charge on any atom is -0.330 e. The van der Waals surface area contributed by atoms with Crippen molar-refractivity contribution in [1.29, 1.82) is 0 Å². The van der Waals surface area contributed by atoms with Gasteiger partial charge >= 0.3 is 0 Å². The first-order chi connectivity index (χ1) is 8.34. The first-order valence-electron chi connectivity index (χ1n) is 7.34. The Morgan fingerprint density at radius 3 is 2.17 bits per heavy atom. The number of nitrogens with zero attached hydrogens (tertiary/aromatic N) is 1. The molecule has 1 aliphatic rings. The summed E-state index contributed by atoms with van der Waals surface area (Å²) in [5, 5.41) is 0. The lowest BCUT2D eigenvalue weighted by atomic mass is 9.97. The Hall–Kier alpha value is -0.410. The van der Waals surface area contributed by atoms with E-state index in [1.165, 1.54) is 0 Å². The lowest BCUT2D eigenvalue weighted by Gasteiger charge is -2.28. The second kappa shape index (κ2) is 8.65. The van der Waals surface area contributed by atoms with Gasteiger partial charge in [-0.15, -0.1) is 0 Å². The van der Waals surface area contributed by atoms with Crippen LogP contribution in [0.25, 0.3) is 0 Å². The van der Waals surface area contributed by atoms with Crippen LogP contribution >= 0.6 is 0 Å². The van der Waals surface area contributed by atoms with Crippen LogP contribution in [0.15, 0.2) is 0 Å². The molecule has 3 nitrogen and oxygen atoms in total. The van der Waals surface area contributed by atoms with Crippen molar-refractivity contribution in [2.45, 2.75) is 66.5 Å².